The SMILES string of the molecule is CCc1nc(NC)c(C)c(NCCOCCN(C)C)n1. The monoisotopic (exact) mass is 281 g/mol. The van der Waals surface area contributed by atoms with Crippen LogP contribution in [0.25, 0.3) is 0 Å². The predicted molar refractivity (Wildman–Crippen MR) is 83.6 cm³/mol. The van der Waals surface area contributed by atoms with Crippen LogP contribution in [0, 0.1) is 6.92 Å². The zero-order valence-electron chi connectivity index (χ0n) is 13.3. The van der Waals surface area contributed by atoms with Crippen molar-refractivity contribution in [3.05, 3.63) is 11.4 Å². The number of hydrogen-bond acceptors (Lipinski definition) is 6. The fourth-order valence-electron chi connectivity index (χ4n) is 1.73. The van der Waals surface area contributed by atoms with Crippen molar-refractivity contribution < 1.29 is 4.74 Å². The minimum Gasteiger partial charge on any atom is -0.378 e. The van der Waals surface area contributed by atoms with Gasteiger partial charge in [0.25, 0.3) is 0 Å². The van der Waals surface area contributed by atoms with Gasteiger partial charge in [-0.05, 0) is 21.0 Å². The summed E-state index contributed by atoms with van der Waals surface area (Å²) in [7, 11) is 5.96. The quantitative estimate of drug-likeness (QED) is 0.667. The summed E-state index contributed by atoms with van der Waals surface area (Å²) < 4.78 is 5.56. The molecule has 0 saturated carbocycles. The number of rotatable bonds is 9. The maximum atomic E-state index is 5.56. The third kappa shape index (κ3) is 5.30. The molecule has 1 aromatic heterocycles. The number of aromatic nitrogens is 2. The Morgan fingerprint density at radius 1 is 1.15 bits per heavy atom. The molecule has 0 aliphatic carbocycles. The summed E-state index contributed by atoms with van der Waals surface area (Å²) >= 11 is 0. The van der Waals surface area contributed by atoms with Gasteiger partial charge in [-0.25, -0.2) is 9.97 Å². The number of hydrogen-bond donors (Lipinski definition) is 2. The molecule has 6 heteroatoms. The lowest BCUT2D eigenvalue weighted by molar-refractivity contribution is 0.126. The van der Waals surface area contributed by atoms with Crippen LogP contribution in [0.2, 0.25) is 0 Å². The fraction of sp³-hybridized carbons (Fsp3) is 0.714. The Balaban J connectivity index is 2.46. The first kappa shape index (κ1) is 16.7. The molecule has 0 saturated heterocycles. The molecule has 6 nitrogen and oxygen atoms in total. The molecule has 0 aromatic carbocycles. The van der Waals surface area contributed by atoms with Crippen molar-refractivity contribution in [2.75, 3.05) is 58.1 Å². The van der Waals surface area contributed by atoms with Gasteiger partial charge in [-0.2, -0.15) is 0 Å². The van der Waals surface area contributed by atoms with Gasteiger partial charge in [-0.1, -0.05) is 6.92 Å². The molecule has 2 N–H and O–H groups in total. The Morgan fingerprint density at radius 2 is 1.85 bits per heavy atom. The van der Waals surface area contributed by atoms with Gasteiger partial charge in [0.15, 0.2) is 0 Å². The van der Waals surface area contributed by atoms with Gasteiger partial charge in [-0.3, -0.25) is 0 Å². The van der Waals surface area contributed by atoms with E-state index in [2.05, 4.69) is 32.4 Å². The molecule has 114 valence electrons. The second-order valence-corrected chi connectivity index (χ2v) is 4.91. The van der Waals surface area contributed by atoms with E-state index in [1.54, 1.807) is 0 Å². The summed E-state index contributed by atoms with van der Waals surface area (Å²) in [6.45, 7) is 7.18. The Hall–Kier alpha value is -1.40. The molecule has 0 aliphatic rings. The molecular weight excluding hydrogens is 254 g/mol. The topological polar surface area (TPSA) is 62.3 Å². The van der Waals surface area contributed by atoms with Crippen LogP contribution in [0.1, 0.15) is 18.3 Å². The lowest BCUT2D eigenvalue weighted by atomic mass is 10.3. The van der Waals surface area contributed by atoms with E-state index in [4.69, 9.17) is 4.74 Å². The first-order valence-electron chi connectivity index (χ1n) is 7.10. The van der Waals surface area contributed by atoms with Crippen molar-refractivity contribution in [1.82, 2.24) is 14.9 Å². The van der Waals surface area contributed by atoms with Gasteiger partial charge in [0.05, 0.1) is 13.2 Å². The summed E-state index contributed by atoms with van der Waals surface area (Å²) in [4.78, 5) is 11.1. The zero-order chi connectivity index (χ0) is 15.0. The third-order valence-electron chi connectivity index (χ3n) is 2.97. The number of aryl methyl sites for hydroxylation is 1. The smallest absolute Gasteiger partial charge is 0.134 e. The fourth-order valence-corrected chi connectivity index (χ4v) is 1.73. The molecule has 0 unspecified atom stereocenters. The number of ether oxygens (including phenoxy) is 1. The van der Waals surface area contributed by atoms with Gasteiger partial charge in [0, 0.05) is 32.1 Å². The van der Waals surface area contributed by atoms with E-state index in [0.29, 0.717) is 6.61 Å². The van der Waals surface area contributed by atoms with Crippen molar-refractivity contribution in [2.45, 2.75) is 20.3 Å². The van der Waals surface area contributed by atoms with Gasteiger partial charge >= 0.3 is 0 Å². The first-order valence-corrected chi connectivity index (χ1v) is 7.10. The Morgan fingerprint density at radius 3 is 2.45 bits per heavy atom. The van der Waals surface area contributed by atoms with Crippen LogP contribution in [0.4, 0.5) is 11.6 Å². The molecule has 0 spiro atoms. The molecular formula is C14H27N5O. The molecule has 0 radical (unpaired) electrons. The van der Waals surface area contributed by atoms with E-state index in [-0.39, 0.29) is 0 Å². The molecule has 0 bridgehead atoms. The minimum atomic E-state index is 0.674. The summed E-state index contributed by atoms with van der Waals surface area (Å²) in [5, 5.41) is 6.43. The molecule has 1 heterocycles. The highest BCUT2D eigenvalue weighted by Crippen LogP contribution is 2.19. The van der Waals surface area contributed by atoms with E-state index < -0.39 is 0 Å². The Bertz CT molecular complexity index is 409. The largest absolute Gasteiger partial charge is 0.378 e. The molecule has 20 heavy (non-hydrogen) atoms. The normalized spacial score (nSPS) is 10.9. The number of likely N-dealkylation sites (N-methyl/N-ethyl adjacent to an activating group) is 1. The van der Waals surface area contributed by atoms with Crippen LogP contribution in [-0.2, 0) is 11.2 Å². The zero-order valence-corrected chi connectivity index (χ0v) is 13.3. The lowest BCUT2D eigenvalue weighted by Gasteiger charge is -2.14. The summed E-state index contributed by atoms with van der Waals surface area (Å²) in [5.74, 6) is 2.61. The second-order valence-electron chi connectivity index (χ2n) is 4.91. The summed E-state index contributed by atoms with van der Waals surface area (Å²) in [5.41, 5.74) is 1.04. The van der Waals surface area contributed by atoms with Crippen LogP contribution in [0.3, 0.4) is 0 Å². The van der Waals surface area contributed by atoms with Crippen molar-refractivity contribution in [2.24, 2.45) is 0 Å². The van der Waals surface area contributed by atoms with Crippen molar-refractivity contribution in [1.29, 1.82) is 0 Å². The highest BCUT2D eigenvalue weighted by molar-refractivity contribution is 5.56. The van der Waals surface area contributed by atoms with Gasteiger partial charge in [0.1, 0.15) is 17.5 Å². The number of anilines is 2. The summed E-state index contributed by atoms with van der Waals surface area (Å²) in [6.07, 6.45) is 0.822. The molecule has 0 aliphatic heterocycles. The van der Waals surface area contributed by atoms with Crippen molar-refractivity contribution in [3.63, 3.8) is 0 Å². The number of nitrogens with one attached hydrogen (secondary N) is 2. The van der Waals surface area contributed by atoms with Gasteiger partial charge < -0.3 is 20.3 Å². The second kappa shape index (κ2) is 8.71. The highest BCUT2D eigenvalue weighted by atomic mass is 16.5. The van der Waals surface area contributed by atoms with Crippen LogP contribution in [0.15, 0.2) is 0 Å². The maximum absolute atomic E-state index is 5.56. The molecule has 1 rings (SSSR count). The summed E-state index contributed by atoms with van der Waals surface area (Å²) in [6, 6.07) is 0. The lowest BCUT2D eigenvalue weighted by Crippen LogP contribution is -2.20. The Kier molecular flexibility index (Phi) is 7.25. The van der Waals surface area contributed by atoms with Crippen LogP contribution >= 0.6 is 0 Å². The Labute approximate surface area is 121 Å². The standard InChI is InChI=1S/C14H27N5O/c1-6-12-17-13(15-3)11(2)14(18-12)16-7-9-20-10-8-19(4)5/h6-10H2,1-5H3,(H2,15,16,17,18). The van der Waals surface area contributed by atoms with Gasteiger partial charge in [-0.15, -0.1) is 0 Å². The third-order valence-corrected chi connectivity index (χ3v) is 2.97. The predicted octanol–water partition coefficient (Wildman–Crippen LogP) is 1.38. The van der Waals surface area contributed by atoms with Crippen LogP contribution < -0.4 is 10.6 Å². The molecule has 0 fully saturated rings. The average Bonchev–Trinajstić information content (AvgIpc) is 2.43. The maximum Gasteiger partial charge on any atom is 0.134 e. The van der Waals surface area contributed by atoms with E-state index in [1.165, 1.54) is 0 Å². The van der Waals surface area contributed by atoms with Gasteiger partial charge in [0.2, 0.25) is 0 Å². The molecule has 0 atom stereocenters. The number of nitrogens with zero attached hydrogens (tertiary/aromatic N) is 3. The van der Waals surface area contributed by atoms with Crippen LogP contribution in [0.5, 0.6) is 0 Å². The first-order chi connectivity index (χ1) is 9.58. The molecule has 1 aromatic rings. The van der Waals surface area contributed by atoms with E-state index in [9.17, 15) is 0 Å². The van der Waals surface area contributed by atoms with E-state index in [0.717, 1.165) is 49.1 Å². The van der Waals surface area contributed by atoms with Crippen molar-refractivity contribution in [3.8, 4) is 0 Å². The average molecular weight is 281 g/mol. The highest BCUT2D eigenvalue weighted by Gasteiger charge is 2.08. The van der Waals surface area contributed by atoms with E-state index in [1.807, 2.05) is 28.1 Å². The molecule has 0 amide bonds. The van der Waals surface area contributed by atoms with Crippen LogP contribution in [-0.4, -0.2) is 62.3 Å². The minimum absolute atomic E-state index is 0.674. The van der Waals surface area contributed by atoms with E-state index >= 15 is 0 Å². The van der Waals surface area contributed by atoms with Crippen molar-refractivity contribution >= 4 is 11.6 Å².